The quantitative estimate of drug-likeness (QED) is 0.539. The van der Waals surface area contributed by atoms with E-state index in [4.69, 9.17) is 14.2 Å². The van der Waals surface area contributed by atoms with Crippen LogP contribution in [0.25, 0.3) is 6.08 Å². The molecule has 0 aliphatic carbocycles. The Morgan fingerprint density at radius 3 is 2.39 bits per heavy atom. The van der Waals surface area contributed by atoms with Crippen molar-refractivity contribution >= 4 is 18.0 Å². The number of hydrogen-bond donors (Lipinski definition) is 1. The molecule has 1 amide bonds. The van der Waals surface area contributed by atoms with Gasteiger partial charge >= 0.3 is 5.97 Å². The fourth-order valence-electron chi connectivity index (χ4n) is 2.95. The van der Waals surface area contributed by atoms with Crippen LogP contribution in [-0.4, -0.2) is 25.3 Å². The molecule has 0 bridgehead atoms. The molecule has 0 unspecified atom stereocenters. The smallest absolute Gasteiger partial charge is 0.354 e. The third-order valence-corrected chi connectivity index (χ3v) is 4.74. The van der Waals surface area contributed by atoms with Crippen molar-refractivity contribution in [2.45, 2.75) is 40.0 Å². The zero-order chi connectivity index (χ0) is 22.6. The normalized spacial score (nSPS) is 13.3. The predicted octanol–water partition coefficient (Wildman–Crippen LogP) is 4.68. The maximum Gasteiger partial charge on any atom is 0.354 e. The van der Waals surface area contributed by atoms with Crippen molar-refractivity contribution in [3.63, 3.8) is 0 Å². The molecule has 1 heterocycles. The third-order valence-electron chi connectivity index (χ3n) is 4.74. The van der Waals surface area contributed by atoms with Crippen LogP contribution in [0.3, 0.4) is 0 Å². The first-order valence-electron chi connectivity index (χ1n) is 10.3. The highest BCUT2D eigenvalue weighted by atomic mass is 16.7. The highest BCUT2D eigenvalue weighted by Gasteiger charge is 2.19. The summed E-state index contributed by atoms with van der Waals surface area (Å²) in [6, 6.07) is 12.7. The maximum absolute atomic E-state index is 12.8. The first kappa shape index (κ1) is 22.4. The number of nitrogens with one attached hydrogen (secondary N) is 1. The molecule has 1 N–H and O–H groups in total. The number of esters is 1. The molecule has 6 nitrogen and oxygen atoms in total. The Bertz CT molecular complexity index is 984. The Morgan fingerprint density at radius 1 is 1.06 bits per heavy atom. The molecule has 31 heavy (non-hydrogen) atoms. The number of ether oxygens (including phenoxy) is 3. The summed E-state index contributed by atoms with van der Waals surface area (Å²) in [4.78, 5) is 25.5. The lowest BCUT2D eigenvalue weighted by molar-refractivity contribution is -0.140. The van der Waals surface area contributed by atoms with Gasteiger partial charge in [0.1, 0.15) is 5.70 Å². The monoisotopic (exact) mass is 423 g/mol. The van der Waals surface area contributed by atoms with E-state index >= 15 is 0 Å². The van der Waals surface area contributed by atoms with Crippen LogP contribution >= 0.6 is 0 Å². The molecule has 0 aromatic heterocycles. The van der Waals surface area contributed by atoms with Crippen molar-refractivity contribution < 1.29 is 23.8 Å². The van der Waals surface area contributed by atoms with Crippen LogP contribution in [-0.2, 0) is 14.9 Å². The molecular weight excluding hydrogens is 394 g/mol. The van der Waals surface area contributed by atoms with Crippen LogP contribution < -0.4 is 14.8 Å². The highest BCUT2D eigenvalue weighted by molar-refractivity contribution is 6.03. The molecule has 2 aromatic rings. The van der Waals surface area contributed by atoms with Gasteiger partial charge in [-0.15, -0.1) is 0 Å². The topological polar surface area (TPSA) is 73.9 Å². The molecule has 164 valence electrons. The van der Waals surface area contributed by atoms with Gasteiger partial charge in [0, 0.05) is 5.56 Å². The standard InChI is InChI=1S/C25H29NO5/c1-16(2)14-29-24(28)20(12-17-6-11-21-22(13-17)31-15-30-21)26-23(27)18-7-9-19(10-8-18)25(3,4)5/h6-13,16H,14-15H2,1-5H3,(H,26,27)/b20-12-. The fourth-order valence-corrected chi connectivity index (χ4v) is 2.95. The van der Waals surface area contributed by atoms with Crippen LogP contribution in [0.2, 0.25) is 0 Å². The lowest BCUT2D eigenvalue weighted by Crippen LogP contribution is -2.29. The average Bonchev–Trinajstić information content (AvgIpc) is 3.18. The first-order chi connectivity index (χ1) is 14.6. The number of amides is 1. The third kappa shape index (κ3) is 5.87. The van der Waals surface area contributed by atoms with E-state index in [9.17, 15) is 9.59 Å². The van der Waals surface area contributed by atoms with E-state index in [-0.39, 0.29) is 36.3 Å². The molecular formula is C25H29NO5. The van der Waals surface area contributed by atoms with Crippen LogP contribution in [0.4, 0.5) is 0 Å². The van der Waals surface area contributed by atoms with Crippen molar-refractivity contribution in [2.75, 3.05) is 13.4 Å². The SMILES string of the molecule is CC(C)COC(=O)/C(=C/c1ccc2c(c1)OCO2)NC(=O)c1ccc(C(C)(C)C)cc1. The second kappa shape index (κ2) is 9.25. The largest absolute Gasteiger partial charge is 0.461 e. The molecule has 0 radical (unpaired) electrons. The van der Waals surface area contributed by atoms with Gasteiger partial charge in [-0.3, -0.25) is 4.79 Å². The Kier molecular flexibility index (Phi) is 6.68. The summed E-state index contributed by atoms with van der Waals surface area (Å²) in [6.45, 7) is 10.6. The van der Waals surface area contributed by atoms with Gasteiger partial charge in [-0.1, -0.05) is 52.8 Å². The summed E-state index contributed by atoms with van der Waals surface area (Å²) >= 11 is 0. The first-order valence-corrected chi connectivity index (χ1v) is 10.3. The van der Waals surface area contributed by atoms with E-state index in [0.29, 0.717) is 22.6 Å². The second-order valence-corrected chi connectivity index (χ2v) is 8.94. The fraction of sp³-hybridized carbons (Fsp3) is 0.360. The Hall–Kier alpha value is -3.28. The molecule has 3 rings (SSSR count). The second-order valence-electron chi connectivity index (χ2n) is 8.94. The molecule has 6 heteroatoms. The number of rotatable bonds is 6. The maximum atomic E-state index is 12.8. The minimum atomic E-state index is -0.592. The van der Waals surface area contributed by atoms with Crippen molar-refractivity contribution in [3.8, 4) is 11.5 Å². The highest BCUT2D eigenvalue weighted by Crippen LogP contribution is 2.33. The van der Waals surface area contributed by atoms with E-state index in [1.807, 2.05) is 26.0 Å². The zero-order valence-electron chi connectivity index (χ0n) is 18.7. The molecule has 1 aliphatic heterocycles. The lowest BCUT2D eigenvalue weighted by atomic mass is 9.87. The summed E-state index contributed by atoms with van der Waals surface area (Å²) in [5.41, 5.74) is 2.31. The van der Waals surface area contributed by atoms with E-state index in [1.54, 1.807) is 36.4 Å². The van der Waals surface area contributed by atoms with Crippen LogP contribution in [0.1, 0.15) is 56.1 Å². The van der Waals surface area contributed by atoms with Gasteiger partial charge < -0.3 is 19.5 Å². The summed E-state index contributed by atoms with van der Waals surface area (Å²) < 4.78 is 16.1. The number of hydrogen-bond acceptors (Lipinski definition) is 5. The summed E-state index contributed by atoms with van der Waals surface area (Å²) in [6.07, 6.45) is 1.58. The van der Waals surface area contributed by atoms with Gasteiger partial charge in [0.2, 0.25) is 6.79 Å². The number of carbonyl (C=O) groups is 2. The Labute approximate surface area is 183 Å². The van der Waals surface area contributed by atoms with Crippen LogP contribution in [0, 0.1) is 5.92 Å². The molecule has 0 fully saturated rings. The van der Waals surface area contributed by atoms with Crippen molar-refractivity contribution in [1.82, 2.24) is 5.32 Å². The van der Waals surface area contributed by atoms with Crippen molar-refractivity contribution in [2.24, 2.45) is 5.92 Å². The molecule has 2 aromatic carbocycles. The summed E-state index contributed by atoms with van der Waals surface area (Å²) in [7, 11) is 0. The molecule has 0 saturated carbocycles. The predicted molar refractivity (Wildman–Crippen MR) is 119 cm³/mol. The molecule has 0 atom stereocenters. The average molecular weight is 424 g/mol. The minimum Gasteiger partial charge on any atom is -0.461 e. The van der Waals surface area contributed by atoms with Gasteiger partial charge in [-0.2, -0.15) is 0 Å². The number of fused-ring (bicyclic) bond motifs is 1. The van der Waals surface area contributed by atoms with E-state index < -0.39 is 5.97 Å². The van der Waals surface area contributed by atoms with Gasteiger partial charge in [-0.05, 0) is 52.8 Å². The van der Waals surface area contributed by atoms with Crippen LogP contribution in [0.15, 0.2) is 48.2 Å². The van der Waals surface area contributed by atoms with Gasteiger partial charge in [0.15, 0.2) is 11.5 Å². The lowest BCUT2D eigenvalue weighted by Gasteiger charge is -2.19. The molecule has 0 saturated heterocycles. The van der Waals surface area contributed by atoms with Crippen LogP contribution in [0.5, 0.6) is 11.5 Å². The number of carbonyl (C=O) groups excluding carboxylic acids is 2. The van der Waals surface area contributed by atoms with Crippen molar-refractivity contribution in [1.29, 1.82) is 0 Å². The summed E-state index contributed by atoms with van der Waals surface area (Å²) in [5, 5.41) is 2.71. The Morgan fingerprint density at radius 2 is 1.74 bits per heavy atom. The van der Waals surface area contributed by atoms with Gasteiger partial charge in [0.05, 0.1) is 6.61 Å². The zero-order valence-corrected chi connectivity index (χ0v) is 18.7. The number of benzene rings is 2. The summed E-state index contributed by atoms with van der Waals surface area (Å²) in [5.74, 6) is 0.438. The molecule has 0 spiro atoms. The van der Waals surface area contributed by atoms with Crippen molar-refractivity contribution in [3.05, 3.63) is 64.9 Å². The minimum absolute atomic E-state index is 0.0138. The van der Waals surface area contributed by atoms with E-state index in [1.165, 1.54) is 0 Å². The van der Waals surface area contributed by atoms with Gasteiger partial charge in [0.25, 0.3) is 5.91 Å². The van der Waals surface area contributed by atoms with E-state index in [0.717, 1.165) is 5.56 Å². The molecule has 1 aliphatic rings. The van der Waals surface area contributed by atoms with E-state index in [2.05, 4.69) is 26.1 Å². The van der Waals surface area contributed by atoms with Gasteiger partial charge in [-0.25, -0.2) is 4.79 Å². The Balaban J connectivity index is 1.84.